The third kappa shape index (κ3) is 6.00. The number of methoxy groups -OCH3 is 1. The molecular formula is C31H41F3O8S. The second-order valence-corrected chi connectivity index (χ2v) is 14.1. The van der Waals surface area contributed by atoms with Crippen molar-refractivity contribution in [2.45, 2.75) is 70.8 Å². The Morgan fingerprint density at radius 3 is 2.33 bits per heavy atom. The van der Waals surface area contributed by atoms with Crippen LogP contribution in [0.2, 0.25) is 0 Å². The number of ketones is 1. The van der Waals surface area contributed by atoms with E-state index in [1.165, 1.54) is 0 Å². The van der Waals surface area contributed by atoms with E-state index in [1.807, 2.05) is 38.1 Å². The predicted molar refractivity (Wildman–Crippen MR) is 152 cm³/mol. The zero-order valence-electron chi connectivity index (χ0n) is 25.1. The van der Waals surface area contributed by atoms with Crippen LogP contribution in [-0.4, -0.2) is 52.4 Å². The molecule has 2 aliphatic carbocycles. The normalized spacial score (nSPS) is 29.9. The summed E-state index contributed by atoms with van der Waals surface area (Å²) in [5, 5.41) is 0. The van der Waals surface area contributed by atoms with Gasteiger partial charge in [0.2, 0.25) is 0 Å². The average Bonchev–Trinajstić information content (AvgIpc) is 3.56. The zero-order chi connectivity index (χ0) is 31.9. The minimum atomic E-state index is -5.97. The number of fused-ring (bicyclic) bond motifs is 2. The van der Waals surface area contributed by atoms with Gasteiger partial charge in [0.05, 0.1) is 33.5 Å². The van der Waals surface area contributed by atoms with Gasteiger partial charge in [0.15, 0.2) is 5.79 Å². The summed E-state index contributed by atoms with van der Waals surface area (Å²) in [6.07, 6.45) is 2.85. The molecule has 3 aliphatic rings. The molecule has 1 spiro atoms. The average molecular weight is 631 g/mol. The van der Waals surface area contributed by atoms with Gasteiger partial charge in [-0.25, -0.2) is 0 Å². The second-order valence-electron chi connectivity index (χ2n) is 12.5. The summed E-state index contributed by atoms with van der Waals surface area (Å²) >= 11 is 0. The van der Waals surface area contributed by atoms with Crippen molar-refractivity contribution >= 4 is 15.9 Å². The molecule has 0 amide bonds. The highest BCUT2D eigenvalue weighted by atomic mass is 32.2. The molecule has 0 N–H and O–H groups in total. The number of hydrogen-bond acceptors (Lipinski definition) is 8. The lowest BCUT2D eigenvalue weighted by atomic mass is 9.49. The van der Waals surface area contributed by atoms with Crippen LogP contribution < -0.4 is 4.74 Å². The first-order valence-electron chi connectivity index (χ1n) is 14.3. The Morgan fingerprint density at radius 1 is 1.14 bits per heavy atom. The van der Waals surface area contributed by atoms with Crippen LogP contribution in [0.5, 0.6) is 5.75 Å². The number of allylic oxidation sites excluding steroid dienone is 1. The largest absolute Gasteiger partial charge is 0.534 e. The van der Waals surface area contributed by atoms with Crippen LogP contribution >= 0.6 is 0 Å². The van der Waals surface area contributed by atoms with Gasteiger partial charge in [-0.15, -0.1) is 6.58 Å². The number of carbonyl (C=O) groups is 1. The van der Waals surface area contributed by atoms with Crippen molar-refractivity contribution in [1.82, 2.24) is 0 Å². The number of hydrogen-bond donors (Lipinski definition) is 0. The molecule has 0 aromatic heterocycles. The van der Waals surface area contributed by atoms with Crippen molar-refractivity contribution in [3.05, 3.63) is 54.8 Å². The molecule has 1 unspecified atom stereocenters. The Bertz CT molecular complexity index is 1320. The molecule has 1 aromatic rings. The predicted octanol–water partition coefficient (Wildman–Crippen LogP) is 6.32. The molecule has 5 atom stereocenters. The Morgan fingerprint density at radius 2 is 1.77 bits per heavy atom. The molecule has 1 heterocycles. The summed E-state index contributed by atoms with van der Waals surface area (Å²) in [5.41, 5.74) is -7.96. The van der Waals surface area contributed by atoms with Crippen molar-refractivity contribution in [2.24, 2.45) is 28.1 Å². The molecule has 0 radical (unpaired) electrons. The fraction of sp³-hybridized carbons (Fsp3) is 0.645. The molecule has 4 rings (SSSR count). The highest BCUT2D eigenvalue weighted by Crippen LogP contribution is 2.69. The molecule has 2 saturated carbocycles. The molecule has 43 heavy (non-hydrogen) atoms. The number of halogens is 3. The number of ether oxygens (including phenoxy) is 4. The lowest BCUT2D eigenvalue weighted by molar-refractivity contribution is -0.237. The summed E-state index contributed by atoms with van der Waals surface area (Å²) in [6, 6.07) is 7.42. The van der Waals surface area contributed by atoms with E-state index in [9.17, 15) is 26.4 Å². The van der Waals surface area contributed by atoms with Crippen LogP contribution in [0.3, 0.4) is 0 Å². The lowest BCUT2D eigenvalue weighted by Gasteiger charge is -2.56. The van der Waals surface area contributed by atoms with E-state index in [0.717, 1.165) is 11.3 Å². The fourth-order valence-electron chi connectivity index (χ4n) is 7.25. The molecule has 0 bridgehead atoms. The van der Waals surface area contributed by atoms with E-state index in [0.29, 0.717) is 13.0 Å². The van der Waals surface area contributed by atoms with Crippen LogP contribution in [0.4, 0.5) is 13.2 Å². The van der Waals surface area contributed by atoms with Crippen LogP contribution in [-0.2, 0) is 39.9 Å². The summed E-state index contributed by atoms with van der Waals surface area (Å²) < 4.78 is 92.2. The highest BCUT2D eigenvalue weighted by molar-refractivity contribution is 7.87. The standard InChI is InChI=1S/C31H41F3O8S/c1-7-27(4,20-39-19-23-8-10-24(38-6)11-9-23)18-25(35)28(5)21(2)12-13-29(22(3)42-43(36,37)31(32,33)34)14-15-30(26(28)29)40-16-17-41-30/h7-11,21,26H,1,3,12-20H2,2,4-6H3/t21-,26?,27+,28+,29+/m1/s1. The van der Waals surface area contributed by atoms with Crippen LogP contribution in [0.15, 0.2) is 49.3 Å². The quantitative estimate of drug-likeness (QED) is 0.115. The van der Waals surface area contributed by atoms with Crippen molar-refractivity contribution in [3.63, 3.8) is 0 Å². The molecule has 1 saturated heterocycles. The summed E-state index contributed by atoms with van der Waals surface area (Å²) in [4.78, 5) is 14.5. The van der Waals surface area contributed by atoms with Crippen LogP contribution in [0.1, 0.15) is 58.4 Å². The van der Waals surface area contributed by atoms with Crippen molar-refractivity contribution in [1.29, 1.82) is 0 Å². The molecule has 8 nitrogen and oxygen atoms in total. The minimum Gasteiger partial charge on any atom is -0.497 e. The fourth-order valence-corrected chi connectivity index (χ4v) is 7.77. The third-order valence-electron chi connectivity index (χ3n) is 9.90. The number of rotatable bonds is 12. The molecule has 1 aromatic carbocycles. The maximum absolute atomic E-state index is 14.5. The molecular weight excluding hydrogens is 589 g/mol. The van der Waals surface area contributed by atoms with Crippen molar-refractivity contribution in [3.8, 4) is 5.75 Å². The third-order valence-corrected chi connectivity index (χ3v) is 10.9. The molecule has 3 fully saturated rings. The van der Waals surface area contributed by atoms with Gasteiger partial charge in [-0.1, -0.05) is 45.6 Å². The van der Waals surface area contributed by atoms with Gasteiger partial charge in [-0.05, 0) is 42.9 Å². The van der Waals surface area contributed by atoms with Crippen molar-refractivity contribution in [2.75, 3.05) is 26.9 Å². The van der Waals surface area contributed by atoms with Crippen molar-refractivity contribution < 1.29 is 49.5 Å². The summed E-state index contributed by atoms with van der Waals surface area (Å²) in [6.45, 7) is 14.2. The Hall–Kier alpha value is -2.41. The van der Waals surface area contributed by atoms with Gasteiger partial charge in [0.1, 0.15) is 17.3 Å². The van der Waals surface area contributed by atoms with E-state index in [2.05, 4.69) is 17.3 Å². The van der Waals surface area contributed by atoms with E-state index in [1.54, 1.807) is 20.1 Å². The smallest absolute Gasteiger partial charge is 0.497 e. The van der Waals surface area contributed by atoms with Gasteiger partial charge < -0.3 is 23.1 Å². The van der Waals surface area contributed by atoms with E-state index in [-0.39, 0.29) is 57.2 Å². The van der Waals surface area contributed by atoms with Gasteiger partial charge in [0.25, 0.3) is 0 Å². The number of Topliss-reactive ketones (excluding diaryl/α,β-unsaturated/α-hetero) is 1. The second kappa shape index (κ2) is 11.8. The van der Waals surface area contributed by atoms with E-state index < -0.39 is 49.3 Å². The minimum absolute atomic E-state index is 0.0246. The summed E-state index contributed by atoms with van der Waals surface area (Å²) in [7, 11) is -4.38. The number of alkyl halides is 3. The molecule has 12 heteroatoms. The lowest BCUT2D eigenvalue weighted by Crippen LogP contribution is -2.59. The van der Waals surface area contributed by atoms with Gasteiger partial charge in [0, 0.05) is 35.0 Å². The molecule has 240 valence electrons. The van der Waals surface area contributed by atoms with Gasteiger partial charge in [-0.3, -0.25) is 4.79 Å². The van der Waals surface area contributed by atoms with E-state index in [4.69, 9.17) is 18.9 Å². The zero-order valence-corrected chi connectivity index (χ0v) is 25.9. The highest BCUT2D eigenvalue weighted by Gasteiger charge is 2.72. The Labute approximate surface area is 251 Å². The number of carbonyl (C=O) groups excluding carboxylic acids is 1. The Balaban J connectivity index is 1.62. The van der Waals surface area contributed by atoms with Crippen LogP contribution in [0.25, 0.3) is 0 Å². The van der Waals surface area contributed by atoms with Gasteiger partial charge in [-0.2, -0.15) is 21.6 Å². The molecule has 1 aliphatic heterocycles. The van der Waals surface area contributed by atoms with Crippen LogP contribution in [0, 0.1) is 28.1 Å². The van der Waals surface area contributed by atoms with E-state index >= 15 is 0 Å². The first kappa shape index (κ1) is 33.5. The maximum Gasteiger partial charge on any atom is 0.534 e. The first-order chi connectivity index (χ1) is 20.0. The number of benzene rings is 1. The Kier molecular flexibility index (Phi) is 9.21. The SMILES string of the molecule is C=C[C@](C)(COCc1ccc(OC)cc1)CC(=O)[C@@]1(C)C2C3(CC[C@]2(C(=C)OS(=O)(=O)C(F)(F)F)CC[C@H]1C)OCCO3. The maximum atomic E-state index is 14.5. The first-order valence-corrected chi connectivity index (χ1v) is 15.7. The topological polar surface area (TPSA) is 97.4 Å². The van der Waals surface area contributed by atoms with Gasteiger partial charge >= 0.3 is 15.6 Å². The monoisotopic (exact) mass is 630 g/mol. The summed E-state index contributed by atoms with van der Waals surface area (Å²) in [5.74, 6) is -2.34.